The summed E-state index contributed by atoms with van der Waals surface area (Å²) in [5.41, 5.74) is 0.576. The van der Waals surface area contributed by atoms with Crippen LogP contribution < -0.4 is 0 Å². The molecule has 0 aromatic heterocycles. The van der Waals surface area contributed by atoms with Crippen LogP contribution in [0.3, 0.4) is 0 Å². The number of rotatable bonds is 9. The van der Waals surface area contributed by atoms with E-state index in [1.807, 2.05) is 0 Å². The van der Waals surface area contributed by atoms with Gasteiger partial charge in [-0.15, -0.1) is 0 Å². The van der Waals surface area contributed by atoms with E-state index in [0.717, 1.165) is 26.1 Å². The molecule has 0 fully saturated rings. The lowest BCUT2D eigenvalue weighted by atomic mass is 10.1. The summed E-state index contributed by atoms with van der Waals surface area (Å²) in [6, 6.07) is 0. The number of carbonyl (C=O) groups is 2. The number of hydrogen-bond acceptors (Lipinski definition) is 3. The summed E-state index contributed by atoms with van der Waals surface area (Å²) >= 11 is 0. The predicted octanol–water partition coefficient (Wildman–Crippen LogP) is 2.79. The van der Waals surface area contributed by atoms with Crippen molar-refractivity contribution in [2.75, 3.05) is 19.6 Å². The molecule has 5 nitrogen and oxygen atoms in total. The van der Waals surface area contributed by atoms with Crippen LogP contribution in [0.5, 0.6) is 0 Å². The Balaban J connectivity index is 0. The average Bonchev–Trinajstić information content (AvgIpc) is 2.42. The van der Waals surface area contributed by atoms with E-state index < -0.39 is 11.9 Å². The molecule has 0 aliphatic carbocycles. The topological polar surface area (TPSA) is 77.8 Å². The lowest BCUT2D eigenvalue weighted by Gasteiger charge is -2.17. The molecule has 5 heteroatoms. The Morgan fingerprint density at radius 1 is 0.950 bits per heavy atom. The van der Waals surface area contributed by atoms with Crippen LogP contribution in [0.2, 0.25) is 0 Å². The molecule has 0 atom stereocenters. The van der Waals surface area contributed by atoms with Crippen LogP contribution in [0.15, 0.2) is 24.3 Å². The molecule has 116 valence electrons. The van der Waals surface area contributed by atoms with Crippen molar-refractivity contribution < 1.29 is 19.8 Å². The lowest BCUT2D eigenvalue weighted by Crippen LogP contribution is -2.24. The highest BCUT2D eigenvalue weighted by Crippen LogP contribution is 2.03. The minimum Gasteiger partial charge on any atom is -0.478 e. The molecule has 0 bridgehead atoms. The van der Waals surface area contributed by atoms with Crippen molar-refractivity contribution in [3.05, 3.63) is 24.3 Å². The van der Waals surface area contributed by atoms with Crippen molar-refractivity contribution in [2.45, 2.75) is 40.0 Å². The summed E-state index contributed by atoms with van der Waals surface area (Å²) in [7, 11) is 0. The van der Waals surface area contributed by atoms with Gasteiger partial charge in [0.2, 0.25) is 0 Å². The molecule has 0 saturated heterocycles. The van der Waals surface area contributed by atoms with Crippen LogP contribution in [0.25, 0.3) is 0 Å². The maximum atomic E-state index is 10.4. The third-order valence-electron chi connectivity index (χ3n) is 2.88. The van der Waals surface area contributed by atoms with Gasteiger partial charge in [-0.25, -0.2) is 9.59 Å². The molecule has 0 aliphatic rings. The van der Waals surface area contributed by atoms with Gasteiger partial charge in [-0.05, 0) is 38.9 Å². The highest BCUT2D eigenvalue weighted by molar-refractivity contribution is 5.85. The van der Waals surface area contributed by atoms with Crippen molar-refractivity contribution in [1.29, 1.82) is 0 Å². The maximum absolute atomic E-state index is 10.4. The molecule has 2 N–H and O–H groups in total. The second kappa shape index (κ2) is 12.4. The number of carboxylic acids is 2. The molecule has 0 radical (unpaired) electrons. The summed E-state index contributed by atoms with van der Waals surface area (Å²) < 4.78 is 0. The highest BCUT2D eigenvalue weighted by Gasteiger charge is 2.04. The number of aliphatic carboxylic acids is 2. The molecular formula is C15H27NO4. The molecule has 0 rings (SSSR count). The fourth-order valence-corrected chi connectivity index (χ4v) is 1.31. The fourth-order valence-electron chi connectivity index (χ4n) is 1.31. The van der Waals surface area contributed by atoms with E-state index in [2.05, 4.69) is 31.9 Å². The normalized spacial score (nSPS) is 9.60. The molecule has 0 aromatic rings. The van der Waals surface area contributed by atoms with Crippen molar-refractivity contribution in [2.24, 2.45) is 0 Å². The second-order valence-electron chi connectivity index (χ2n) is 4.30. The molecule has 0 heterocycles. The smallest absolute Gasteiger partial charge is 0.330 e. The van der Waals surface area contributed by atoms with Gasteiger partial charge >= 0.3 is 11.9 Å². The Morgan fingerprint density at radius 2 is 1.40 bits per heavy atom. The first-order valence-electron chi connectivity index (χ1n) is 6.84. The molecule has 20 heavy (non-hydrogen) atoms. The standard InChI is InChI=1S/C10H19NO2.C5H8O2/c1-4-11(5-2)8-6-7-9(3)10(12)13;1-3-4(2)5(6)7/h3-8H2,1-2H3,(H,12,13);2-3H2,1H3,(H,6,7). The summed E-state index contributed by atoms with van der Waals surface area (Å²) in [6.07, 6.45) is 1.99. The highest BCUT2D eigenvalue weighted by atomic mass is 16.4. The minimum absolute atomic E-state index is 0.264. The van der Waals surface area contributed by atoms with Crippen LogP contribution in [0, 0.1) is 0 Å². The zero-order valence-corrected chi connectivity index (χ0v) is 12.8. The van der Waals surface area contributed by atoms with Crippen LogP contribution in [0.1, 0.15) is 40.0 Å². The molecule has 0 unspecified atom stereocenters. The molecule has 0 spiro atoms. The van der Waals surface area contributed by atoms with Gasteiger partial charge in [-0.2, -0.15) is 0 Å². The first-order chi connectivity index (χ1) is 9.29. The summed E-state index contributed by atoms with van der Waals surface area (Å²) in [5, 5.41) is 16.6. The third-order valence-corrected chi connectivity index (χ3v) is 2.88. The van der Waals surface area contributed by atoms with E-state index in [1.54, 1.807) is 6.92 Å². The number of carboxylic acid groups (broad SMARTS) is 2. The van der Waals surface area contributed by atoms with Gasteiger partial charge < -0.3 is 15.1 Å². The minimum atomic E-state index is -0.900. The van der Waals surface area contributed by atoms with Gasteiger partial charge in [0.15, 0.2) is 0 Å². The Kier molecular flexibility index (Phi) is 12.8. The predicted molar refractivity (Wildman–Crippen MR) is 80.9 cm³/mol. The van der Waals surface area contributed by atoms with E-state index in [9.17, 15) is 9.59 Å². The molecule has 0 saturated carbocycles. The Labute approximate surface area is 121 Å². The third kappa shape index (κ3) is 11.5. The lowest BCUT2D eigenvalue weighted by molar-refractivity contribution is -0.133. The second-order valence-corrected chi connectivity index (χ2v) is 4.30. The first-order valence-corrected chi connectivity index (χ1v) is 6.84. The van der Waals surface area contributed by atoms with E-state index >= 15 is 0 Å². The van der Waals surface area contributed by atoms with Crippen molar-refractivity contribution in [3.63, 3.8) is 0 Å². The van der Waals surface area contributed by atoms with E-state index in [0.29, 0.717) is 18.4 Å². The van der Waals surface area contributed by atoms with Crippen molar-refractivity contribution >= 4 is 11.9 Å². The van der Waals surface area contributed by atoms with Gasteiger partial charge in [0, 0.05) is 11.1 Å². The summed E-state index contributed by atoms with van der Waals surface area (Å²) in [6.45, 7) is 15.7. The first kappa shape index (κ1) is 20.7. The number of hydrogen-bond donors (Lipinski definition) is 2. The zero-order valence-electron chi connectivity index (χ0n) is 12.8. The maximum Gasteiger partial charge on any atom is 0.330 e. The van der Waals surface area contributed by atoms with Gasteiger partial charge in [-0.3, -0.25) is 0 Å². The molecular weight excluding hydrogens is 258 g/mol. The van der Waals surface area contributed by atoms with Crippen LogP contribution in [-0.4, -0.2) is 46.7 Å². The fraction of sp³-hybridized carbons (Fsp3) is 0.600. The van der Waals surface area contributed by atoms with E-state index in [4.69, 9.17) is 10.2 Å². The monoisotopic (exact) mass is 285 g/mol. The molecule has 0 aromatic carbocycles. The zero-order chi connectivity index (χ0) is 16.1. The molecule has 0 aliphatic heterocycles. The summed E-state index contributed by atoms with van der Waals surface area (Å²) in [4.78, 5) is 22.5. The SMILES string of the molecule is C=C(CC)C(=O)O.C=C(CCCN(CC)CC)C(=O)O. The Hall–Kier alpha value is -1.62. The van der Waals surface area contributed by atoms with E-state index in [1.165, 1.54) is 0 Å². The Morgan fingerprint density at radius 3 is 1.65 bits per heavy atom. The summed E-state index contributed by atoms with van der Waals surface area (Å²) in [5.74, 6) is -1.78. The van der Waals surface area contributed by atoms with Gasteiger partial charge in [-0.1, -0.05) is 33.9 Å². The van der Waals surface area contributed by atoms with Crippen LogP contribution in [-0.2, 0) is 9.59 Å². The van der Waals surface area contributed by atoms with Gasteiger partial charge in [0.25, 0.3) is 0 Å². The number of nitrogens with zero attached hydrogens (tertiary/aromatic N) is 1. The van der Waals surface area contributed by atoms with Gasteiger partial charge in [0.1, 0.15) is 0 Å². The van der Waals surface area contributed by atoms with E-state index in [-0.39, 0.29) is 5.57 Å². The van der Waals surface area contributed by atoms with Gasteiger partial charge in [0.05, 0.1) is 0 Å². The van der Waals surface area contributed by atoms with Crippen molar-refractivity contribution in [3.8, 4) is 0 Å². The Bertz CT molecular complexity index is 333. The van der Waals surface area contributed by atoms with Crippen molar-refractivity contribution in [1.82, 2.24) is 4.90 Å². The average molecular weight is 285 g/mol. The molecule has 0 amide bonds. The van der Waals surface area contributed by atoms with Crippen LogP contribution >= 0.6 is 0 Å². The largest absolute Gasteiger partial charge is 0.478 e. The van der Waals surface area contributed by atoms with Crippen LogP contribution in [0.4, 0.5) is 0 Å². The quantitative estimate of drug-likeness (QED) is 0.637.